The zero-order valence-corrected chi connectivity index (χ0v) is 17.5. The Balaban J connectivity index is 1.85. The first kappa shape index (κ1) is 22.4. The van der Waals surface area contributed by atoms with Crippen molar-refractivity contribution in [2.45, 2.75) is 33.4 Å². The van der Waals surface area contributed by atoms with Crippen molar-refractivity contribution in [3.05, 3.63) is 70.2 Å². The lowest BCUT2D eigenvalue weighted by atomic mass is 10.0. The molecule has 0 aliphatic carbocycles. The van der Waals surface area contributed by atoms with Crippen molar-refractivity contribution in [2.24, 2.45) is 5.92 Å². The maximum Gasteiger partial charge on any atom is 0.329 e. The summed E-state index contributed by atoms with van der Waals surface area (Å²) in [5.41, 5.74) is 2.46. The van der Waals surface area contributed by atoms with Gasteiger partial charge in [0.1, 0.15) is 6.04 Å². The van der Waals surface area contributed by atoms with Crippen LogP contribution in [0, 0.1) is 12.8 Å². The van der Waals surface area contributed by atoms with Gasteiger partial charge in [-0.25, -0.2) is 4.79 Å². The van der Waals surface area contributed by atoms with Crippen molar-refractivity contribution in [1.29, 1.82) is 0 Å². The summed E-state index contributed by atoms with van der Waals surface area (Å²) in [4.78, 5) is 36.7. The number of hydrogen-bond acceptors (Lipinski definition) is 4. The summed E-state index contributed by atoms with van der Waals surface area (Å²) >= 11 is 5.82. The number of aryl methyl sites for hydroxylation is 1. The molecule has 2 rings (SSSR count). The minimum atomic E-state index is -0.872. The Bertz CT molecular complexity index is 848. The van der Waals surface area contributed by atoms with Crippen LogP contribution in [0.3, 0.4) is 0 Å². The third-order valence-corrected chi connectivity index (χ3v) is 4.52. The molecule has 2 N–H and O–H groups in total. The SMILES string of the molecule is Cc1ccc(CNC(=O)COC(=O)[C@@H](NC(=O)c2ccc(Cl)cc2)C(C)C)cc1. The van der Waals surface area contributed by atoms with E-state index in [4.69, 9.17) is 16.3 Å². The fraction of sp³-hybridized carbons (Fsp3) is 0.318. The first-order chi connectivity index (χ1) is 13.8. The molecule has 2 aromatic rings. The summed E-state index contributed by atoms with van der Waals surface area (Å²) < 4.78 is 5.10. The Hall–Kier alpha value is -2.86. The van der Waals surface area contributed by atoms with Crippen LogP contribution >= 0.6 is 11.6 Å². The monoisotopic (exact) mass is 416 g/mol. The maximum atomic E-state index is 12.4. The average Bonchev–Trinajstić information content (AvgIpc) is 2.69. The molecule has 0 aliphatic heterocycles. The Labute approximate surface area is 175 Å². The van der Waals surface area contributed by atoms with E-state index in [1.807, 2.05) is 31.2 Å². The van der Waals surface area contributed by atoms with E-state index < -0.39 is 30.4 Å². The number of esters is 1. The average molecular weight is 417 g/mol. The van der Waals surface area contributed by atoms with Crippen LogP contribution in [0.1, 0.15) is 35.3 Å². The highest BCUT2D eigenvalue weighted by Gasteiger charge is 2.26. The second-order valence-electron chi connectivity index (χ2n) is 7.07. The molecule has 6 nitrogen and oxygen atoms in total. The van der Waals surface area contributed by atoms with Crippen LogP contribution in [0.5, 0.6) is 0 Å². The lowest BCUT2D eigenvalue weighted by molar-refractivity contribution is -0.151. The van der Waals surface area contributed by atoms with E-state index in [1.165, 1.54) is 0 Å². The molecule has 7 heteroatoms. The number of rotatable bonds is 8. The molecule has 0 bridgehead atoms. The van der Waals surface area contributed by atoms with Crippen molar-refractivity contribution in [2.75, 3.05) is 6.61 Å². The molecule has 0 heterocycles. The van der Waals surface area contributed by atoms with Gasteiger partial charge in [0.05, 0.1) is 0 Å². The number of carbonyl (C=O) groups excluding carboxylic acids is 3. The van der Waals surface area contributed by atoms with Gasteiger partial charge < -0.3 is 15.4 Å². The quantitative estimate of drug-likeness (QED) is 0.647. The maximum absolute atomic E-state index is 12.4. The Kier molecular flexibility index (Phi) is 8.21. The number of hydrogen-bond donors (Lipinski definition) is 2. The van der Waals surface area contributed by atoms with Gasteiger partial charge in [0.2, 0.25) is 0 Å². The zero-order chi connectivity index (χ0) is 21.4. The Morgan fingerprint density at radius 1 is 1.00 bits per heavy atom. The van der Waals surface area contributed by atoms with Gasteiger partial charge in [-0.3, -0.25) is 9.59 Å². The molecule has 2 amide bonds. The molecule has 0 aromatic heterocycles. The van der Waals surface area contributed by atoms with E-state index in [-0.39, 0.29) is 5.92 Å². The van der Waals surface area contributed by atoms with Gasteiger partial charge in [-0.2, -0.15) is 0 Å². The summed E-state index contributed by atoms with van der Waals surface area (Å²) in [5.74, 6) is -1.70. The fourth-order valence-electron chi connectivity index (χ4n) is 2.51. The van der Waals surface area contributed by atoms with Crippen LogP contribution in [0.15, 0.2) is 48.5 Å². The third kappa shape index (κ3) is 7.23. The number of carbonyl (C=O) groups is 3. The minimum absolute atomic E-state index is 0.214. The second kappa shape index (κ2) is 10.6. The third-order valence-electron chi connectivity index (χ3n) is 4.27. The van der Waals surface area contributed by atoms with E-state index in [1.54, 1.807) is 38.1 Å². The van der Waals surface area contributed by atoms with Gasteiger partial charge in [0.25, 0.3) is 11.8 Å². The first-order valence-electron chi connectivity index (χ1n) is 9.31. The zero-order valence-electron chi connectivity index (χ0n) is 16.7. The predicted octanol–water partition coefficient (Wildman–Crippen LogP) is 3.26. The van der Waals surface area contributed by atoms with Crippen LogP contribution < -0.4 is 10.6 Å². The van der Waals surface area contributed by atoms with Crippen LogP contribution in [-0.2, 0) is 20.9 Å². The Morgan fingerprint density at radius 3 is 2.21 bits per heavy atom. The van der Waals surface area contributed by atoms with Gasteiger partial charge in [-0.15, -0.1) is 0 Å². The van der Waals surface area contributed by atoms with Crippen LogP contribution in [0.2, 0.25) is 5.02 Å². The highest BCUT2D eigenvalue weighted by molar-refractivity contribution is 6.30. The number of ether oxygens (including phenoxy) is 1. The second-order valence-corrected chi connectivity index (χ2v) is 7.51. The van der Waals surface area contributed by atoms with Gasteiger partial charge in [0, 0.05) is 17.1 Å². The van der Waals surface area contributed by atoms with Crippen LogP contribution in [0.25, 0.3) is 0 Å². The van der Waals surface area contributed by atoms with Crippen molar-refractivity contribution < 1.29 is 19.1 Å². The molecule has 2 aromatic carbocycles. The van der Waals surface area contributed by atoms with Gasteiger partial charge in [-0.1, -0.05) is 55.3 Å². The van der Waals surface area contributed by atoms with E-state index in [2.05, 4.69) is 10.6 Å². The molecule has 0 spiro atoms. The smallest absolute Gasteiger partial charge is 0.329 e. The van der Waals surface area contributed by atoms with Gasteiger partial charge in [-0.05, 0) is 42.7 Å². The minimum Gasteiger partial charge on any atom is -0.454 e. The molecule has 154 valence electrons. The van der Waals surface area contributed by atoms with Gasteiger partial charge in [0.15, 0.2) is 6.61 Å². The normalized spacial score (nSPS) is 11.6. The summed E-state index contributed by atoms with van der Waals surface area (Å²) in [6.07, 6.45) is 0. The summed E-state index contributed by atoms with van der Waals surface area (Å²) in [7, 11) is 0. The van der Waals surface area contributed by atoms with Gasteiger partial charge >= 0.3 is 5.97 Å². The molecular formula is C22H25ClN2O4. The highest BCUT2D eigenvalue weighted by atomic mass is 35.5. The standard InChI is InChI=1S/C22H25ClN2O4/c1-14(2)20(25-21(27)17-8-10-18(23)11-9-17)22(28)29-13-19(26)24-12-16-6-4-15(3)5-7-16/h4-11,14,20H,12-13H2,1-3H3,(H,24,26)(H,25,27)/t20-/m0/s1. The summed E-state index contributed by atoms with van der Waals surface area (Å²) in [6, 6.07) is 13.2. The first-order valence-corrected chi connectivity index (χ1v) is 9.69. The lowest BCUT2D eigenvalue weighted by Gasteiger charge is -2.20. The molecule has 0 saturated carbocycles. The fourth-order valence-corrected chi connectivity index (χ4v) is 2.63. The highest BCUT2D eigenvalue weighted by Crippen LogP contribution is 2.11. The molecular weight excluding hydrogens is 392 g/mol. The van der Waals surface area contributed by atoms with E-state index in [0.29, 0.717) is 17.1 Å². The molecule has 0 aliphatic rings. The molecule has 0 radical (unpaired) electrons. The summed E-state index contributed by atoms with van der Waals surface area (Å²) in [5, 5.41) is 5.86. The Morgan fingerprint density at radius 2 is 1.62 bits per heavy atom. The number of halogens is 1. The molecule has 0 unspecified atom stereocenters. The molecule has 29 heavy (non-hydrogen) atoms. The number of benzene rings is 2. The van der Waals surface area contributed by atoms with E-state index >= 15 is 0 Å². The van der Waals surface area contributed by atoms with Crippen LogP contribution in [0.4, 0.5) is 0 Å². The van der Waals surface area contributed by atoms with Crippen molar-refractivity contribution in [3.8, 4) is 0 Å². The molecule has 0 saturated heterocycles. The molecule has 0 fully saturated rings. The molecule has 1 atom stereocenters. The van der Waals surface area contributed by atoms with Crippen LogP contribution in [-0.4, -0.2) is 30.4 Å². The number of amides is 2. The predicted molar refractivity (Wildman–Crippen MR) is 112 cm³/mol. The van der Waals surface area contributed by atoms with E-state index in [9.17, 15) is 14.4 Å². The topological polar surface area (TPSA) is 84.5 Å². The van der Waals surface area contributed by atoms with E-state index in [0.717, 1.165) is 11.1 Å². The number of nitrogens with one attached hydrogen (secondary N) is 2. The lowest BCUT2D eigenvalue weighted by Crippen LogP contribution is -2.46. The van der Waals surface area contributed by atoms with Crippen molar-refractivity contribution >= 4 is 29.4 Å². The summed E-state index contributed by atoms with van der Waals surface area (Å²) in [6.45, 7) is 5.48. The largest absolute Gasteiger partial charge is 0.454 e. The van der Waals surface area contributed by atoms with Crippen molar-refractivity contribution in [1.82, 2.24) is 10.6 Å². The van der Waals surface area contributed by atoms with Crippen molar-refractivity contribution in [3.63, 3.8) is 0 Å².